The van der Waals surface area contributed by atoms with Crippen LogP contribution in [0.2, 0.25) is 0 Å². The minimum atomic E-state index is -1.02. The second-order valence-electron chi connectivity index (χ2n) is 8.02. The van der Waals surface area contributed by atoms with Crippen molar-refractivity contribution in [2.24, 2.45) is 5.73 Å². The first-order valence-electron chi connectivity index (χ1n) is 11.3. The first-order chi connectivity index (χ1) is 18.8. The average Bonchev–Trinajstić information content (AvgIpc) is 2.96. The molecular formula is C27H21N5O7. The standard InChI is InChI=1S/C27H21N5O7/c1-37-26(33)22-21(16-8-4-3-5-9-16)19(15-28)24(29)31(23(22)27(34)38-2)17-10-6-11-18(14-17)39-25-20(32(35)36)12-7-13-30-25/h3-14,21H,29H2,1-2H3. The lowest BCUT2D eigenvalue weighted by Gasteiger charge is -2.35. The van der Waals surface area contributed by atoms with E-state index >= 15 is 0 Å². The van der Waals surface area contributed by atoms with Gasteiger partial charge in [0.05, 0.1) is 48.0 Å². The van der Waals surface area contributed by atoms with E-state index in [4.69, 9.17) is 19.9 Å². The molecule has 1 atom stereocenters. The van der Waals surface area contributed by atoms with Gasteiger partial charge in [0.25, 0.3) is 5.88 Å². The lowest BCUT2D eigenvalue weighted by Crippen LogP contribution is -2.40. The number of carbonyl (C=O) groups is 2. The molecule has 12 heteroatoms. The minimum Gasteiger partial charge on any atom is -0.466 e. The lowest BCUT2D eigenvalue weighted by molar-refractivity contribution is -0.386. The molecule has 0 radical (unpaired) electrons. The summed E-state index contributed by atoms with van der Waals surface area (Å²) in [5.74, 6) is -3.10. The molecule has 0 fully saturated rings. The number of nitriles is 1. The van der Waals surface area contributed by atoms with Gasteiger partial charge in [0.1, 0.15) is 17.3 Å². The van der Waals surface area contributed by atoms with Crippen molar-refractivity contribution >= 4 is 23.3 Å². The van der Waals surface area contributed by atoms with Crippen LogP contribution in [0.5, 0.6) is 11.6 Å². The zero-order chi connectivity index (χ0) is 28.1. The molecule has 196 valence electrons. The molecule has 1 aromatic heterocycles. The Morgan fingerprint density at radius 1 is 1.05 bits per heavy atom. The Hall–Kier alpha value is -5.70. The van der Waals surface area contributed by atoms with E-state index in [1.807, 2.05) is 0 Å². The monoisotopic (exact) mass is 527 g/mol. The normalized spacial score (nSPS) is 14.9. The molecule has 0 amide bonds. The summed E-state index contributed by atoms with van der Waals surface area (Å²) in [6.45, 7) is 0. The highest BCUT2D eigenvalue weighted by molar-refractivity contribution is 6.06. The molecule has 1 unspecified atom stereocenters. The molecule has 0 saturated carbocycles. The number of allylic oxidation sites excluding steroid dienone is 1. The fourth-order valence-electron chi connectivity index (χ4n) is 4.18. The zero-order valence-electron chi connectivity index (χ0n) is 20.7. The number of rotatable bonds is 7. The Balaban J connectivity index is 1.93. The Morgan fingerprint density at radius 3 is 2.41 bits per heavy atom. The fraction of sp³-hybridized carbons (Fsp3) is 0.111. The summed E-state index contributed by atoms with van der Waals surface area (Å²) < 4.78 is 15.7. The average molecular weight is 527 g/mol. The number of nitrogens with zero attached hydrogens (tertiary/aromatic N) is 4. The quantitative estimate of drug-likeness (QED) is 0.270. The number of nitrogens with two attached hydrogens (primary N) is 1. The first-order valence-corrected chi connectivity index (χ1v) is 11.3. The van der Waals surface area contributed by atoms with Crippen LogP contribution in [-0.4, -0.2) is 36.1 Å². The van der Waals surface area contributed by atoms with E-state index in [0.29, 0.717) is 5.56 Å². The Bertz CT molecular complexity index is 1560. The lowest BCUT2D eigenvalue weighted by atomic mass is 9.81. The van der Waals surface area contributed by atoms with Gasteiger partial charge in [0.15, 0.2) is 0 Å². The second-order valence-corrected chi connectivity index (χ2v) is 8.02. The number of hydrogen-bond donors (Lipinski definition) is 1. The van der Waals surface area contributed by atoms with Crippen LogP contribution in [0.1, 0.15) is 11.5 Å². The molecule has 1 aliphatic rings. The number of nitro groups is 1. The highest BCUT2D eigenvalue weighted by atomic mass is 16.6. The van der Waals surface area contributed by atoms with Crippen molar-refractivity contribution in [2.75, 3.05) is 19.1 Å². The number of pyridine rings is 1. The van der Waals surface area contributed by atoms with Crippen molar-refractivity contribution < 1.29 is 28.7 Å². The summed E-state index contributed by atoms with van der Waals surface area (Å²) in [6, 6.07) is 19.3. The van der Waals surface area contributed by atoms with Gasteiger partial charge >= 0.3 is 17.6 Å². The van der Waals surface area contributed by atoms with E-state index in [1.54, 1.807) is 36.4 Å². The van der Waals surface area contributed by atoms with Gasteiger partial charge < -0.3 is 19.9 Å². The first kappa shape index (κ1) is 26.4. The van der Waals surface area contributed by atoms with E-state index in [1.165, 1.54) is 41.4 Å². The van der Waals surface area contributed by atoms with Gasteiger partial charge in [-0.3, -0.25) is 15.0 Å². The van der Waals surface area contributed by atoms with Gasteiger partial charge in [0, 0.05) is 18.3 Å². The number of methoxy groups -OCH3 is 2. The second kappa shape index (κ2) is 11.1. The molecule has 0 bridgehead atoms. The van der Waals surface area contributed by atoms with Crippen LogP contribution in [0.4, 0.5) is 11.4 Å². The van der Waals surface area contributed by atoms with Crippen molar-refractivity contribution in [3.8, 4) is 17.7 Å². The predicted molar refractivity (Wildman–Crippen MR) is 137 cm³/mol. The van der Waals surface area contributed by atoms with E-state index in [0.717, 1.165) is 14.2 Å². The maximum absolute atomic E-state index is 13.2. The van der Waals surface area contributed by atoms with Crippen LogP contribution in [-0.2, 0) is 19.1 Å². The smallest absolute Gasteiger partial charge is 0.355 e. The Labute approximate surface area is 222 Å². The Morgan fingerprint density at radius 2 is 1.77 bits per heavy atom. The molecule has 0 aliphatic carbocycles. The number of hydrogen-bond acceptors (Lipinski definition) is 11. The summed E-state index contributed by atoms with van der Waals surface area (Å²) in [6.07, 6.45) is 1.33. The van der Waals surface area contributed by atoms with Crippen LogP contribution in [0.3, 0.4) is 0 Å². The van der Waals surface area contributed by atoms with Gasteiger partial charge in [0.2, 0.25) is 0 Å². The van der Waals surface area contributed by atoms with Crippen molar-refractivity contribution in [3.63, 3.8) is 0 Å². The molecule has 3 aromatic rings. The fourth-order valence-corrected chi connectivity index (χ4v) is 4.18. The molecule has 4 rings (SSSR count). The number of carbonyl (C=O) groups excluding carboxylic acids is 2. The van der Waals surface area contributed by atoms with Gasteiger partial charge in [-0.25, -0.2) is 14.6 Å². The third kappa shape index (κ3) is 4.96. The van der Waals surface area contributed by atoms with E-state index in [2.05, 4.69) is 11.1 Å². The largest absolute Gasteiger partial charge is 0.466 e. The highest BCUT2D eigenvalue weighted by Gasteiger charge is 2.43. The van der Waals surface area contributed by atoms with Crippen LogP contribution >= 0.6 is 0 Å². The van der Waals surface area contributed by atoms with Crippen molar-refractivity contribution in [3.05, 3.63) is 111 Å². The van der Waals surface area contributed by atoms with Crippen molar-refractivity contribution in [1.29, 1.82) is 5.26 Å². The maximum atomic E-state index is 13.2. The van der Waals surface area contributed by atoms with E-state index in [9.17, 15) is 25.0 Å². The molecular weight excluding hydrogens is 506 g/mol. The number of esters is 2. The van der Waals surface area contributed by atoms with Gasteiger partial charge in [-0.1, -0.05) is 36.4 Å². The van der Waals surface area contributed by atoms with Gasteiger partial charge in [-0.2, -0.15) is 5.26 Å². The Kier molecular flexibility index (Phi) is 7.53. The topological polar surface area (TPSA) is 171 Å². The van der Waals surface area contributed by atoms with Crippen LogP contribution in [0.15, 0.2) is 95.6 Å². The molecule has 12 nitrogen and oxygen atoms in total. The predicted octanol–water partition coefficient (Wildman–Crippen LogP) is 3.68. The maximum Gasteiger partial charge on any atom is 0.355 e. The van der Waals surface area contributed by atoms with Crippen LogP contribution < -0.4 is 15.4 Å². The summed E-state index contributed by atoms with van der Waals surface area (Å²) >= 11 is 0. The molecule has 1 aliphatic heterocycles. The number of anilines is 1. The van der Waals surface area contributed by atoms with Crippen molar-refractivity contribution in [2.45, 2.75) is 5.92 Å². The molecule has 0 saturated heterocycles. The summed E-state index contributed by atoms with van der Waals surface area (Å²) in [4.78, 5) is 42.2. The molecule has 0 spiro atoms. The third-order valence-corrected chi connectivity index (χ3v) is 5.85. The molecule has 2 aromatic carbocycles. The van der Waals surface area contributed by atoms with E-state index in [-0.39, 0.29) is 45.7 Å². The van der Waals surface area contributed by atoms with Crippen LogP contribution in [0, 0.1) is 21.4 Å². The van der Waals surface area contributed by atoms with Gasteiger partial charge in [-0.15, -0.1) is 0 Å². The minimum absolute atomic E-state index is 0.0130. The molecule has 2 heterocycles. The summed E-state index contributed by atoms with van der Waals surface area (Å²) in [5.41, 5.74) is 6.42. The number of benzene rings is 2. The molecule has 39 heavy (non-hydrogen) atoms. The zero-order valence-corrected chi connectivity index (χ0v) is 20.7. The highest BCUT2D eigenvalue weighted by Crippen LogP contribution is 2.44. The van der Waals surface area contributed by atoms with Crippen LogP contribution in [0.25, 0.3) is 0 Å². The summed E-state index contributed by atoms with van der Waals surface area (Å²) in [5, 5.41) is 21.5. The number of aromatic nitrogens is 1. The van der Waals surface area contributed by atoms with E-state index < -0.39 is 22.8 Å². The number of ether oxygens (including phenoxy) is 3. The third-order valence-electron chi connectivity index (χ3n) is 5.85. The van der Waals surface area contributed by atoms with Gasteiger partial charge in [-0.05, 0) is 23.8 Å². The summed E-state index contributed by atoms with van der Waals surface area (Å²) in [7, 11) is 2.29. The molecule has 2 N–H and O–H groups in total. The SMILES string of the molecule is COC(=O)C1=C(C(=O)OC)N(c2cccc(Oc3ncccc3[N+](=O)[O-])c2)C(N)=C(C#N)C1c1ccccc1. The van der Waals surface area contributed by atoms with Crippen molar-refractivity contribution in [1.82, 2.24) is 4.98 Å².